The summed E-state index contributed by atoms with van der Waals surface area (Å²) in [6.07, 6.45) is -5.64. The molecule has 0 bridgehead atoms. The Balaban J connectivity index is 2.13. The van der Waals surface area contributed by atoms with E-state index in [4.69, 9.17) is 0 Å². The van der Waals surface area contributed by atoms with Crippen LogP contribution in [0, 0.1) is 11.6 Å². The third kappa shape index (κ3) is 4.83. The number of nitrogens with zero attached hydrogens (tertiary/aromatic N) is 3. The number of benzene rings is 1. The molecular formula is C21H24F5N3O2. The van der Waals surface area contributed by atoms with E-state index in [1.54, 1.807) is 20.8 Å². The van der Waals surface area contributed by atoms with Crippen LogP contribution in [0.2, 0.25) is 0 Å². The summed E-state index contributed by atoms with van der Waals surface area (Å²) in [5.41, 5.74) is -1.26. The van der Waals surface area contributed by atoms with E-state index in [0.29, 0.717) is 0 Å². The predicted octanol–water partition coefficient (Wildman–Crippen LogP) is 5.66. The normalized spacial score (nSPS) is 19.6. The molecule has 2 aromatic rings. The topological polar surface area (TPSA) is 58.4 Å². The number of carbonyl (C=O) groups is 1. The van der Waals surface area contributed by atoms with Gasteiger partial charge in [0, 0.05) is 35.5 Å². The first kappa shape index (κ1) is 23.0. The van der Waals surface area contributed by atoms with E-state index in [9.17, 15) is 31.9 Å². The van der Waals surface area contributed by atoms with Crippen molar-refractivity contribution in [3.63, 3.8) is 0 Å². The number of amides is 1. The van der Waals surface area contributed by atoms with E-state index in [-0.39, 0.29) is 36.5 Å². The van der Waals surface area contributed by atoms with Gasteiger partial charge in [0.1, 0.15) is 17.5 Å². The van der Waals surface area contributed by atoms with Crippen molar-refractivity contribution in [1.82, 2.24) is 14.5 Å². The lowest BCUT2D eigenvalue weighted by Gasteiger charge is -2.39. The molecule has 1 aromatic carbocycles. The second-order valence-corrected chi connectivity index (χ2v) is 8.76. The number of hydrogen-bond donors (Lipinski definition) is 1. The molecule has 0 fully saturated rings. The molecule has 10 heteroatoms. The Bertz CT molecular complexity index is 945. The van der Waals surface area contributed by atoms with E-state index in [1.807, 2.05) is 0 Å². The number of halogens is 5. The van der Waals surface area contributed by atoms with Gasteiger partial charge in [-0.2, -0.15) is 13.2 Å². The first-order valence-electron chi connectivity index (χ1n) is 9.87. The second kappa shape index (κ2) is 8.12. The molecule has 2 atom stereocenters. The molecule has 170 valence electrons. The predicted molar refractivity (Wildman–Crippen MR) is 103 cm³/mol. The first-order chi connectivity index (χ1) is 14.3. The number of hydrogen-bond acceptors (Lipinski definition) is 2. The highest BCUT2D eigenvalue weighted by Crippen LogP contribution is 2.40. The molecule has 5 nitrogen and oxygen atoms in total. The molecule has 1 aliphatic heterocycles. The van der Waals surface area contributed by atoms with Crippen LogP contribution < -0.4 is 0 Å². The fraction of sp³-hybridized carbons (Fsp3) is 0.524. The van der Waals surface area contributed by atoms with Gasteiger partial charge in [0.2, 0.25) is 0 Å². The lowest BCUT2D eigenvalue weighted by atomic mass is 9.91. The zero-order valence-corrected chi connectivity index (χ0v) is 17.4. The second-order valence-electron chi connectivity index (χ2n) is 8.76. The van der Waals surface area contributed by atoms with Crippen LogP contribution >= 0.6 is 0 Å². The van der Waals surface area contributed by atoms with Crippen molar-refractivity contribution in [2.75, 3.05) is 0 Å². The van der Waals surface area contributed by atoms with Crippen LogP contribution in [0.1, 0.15) is 62.7 Å². The van der Waals surface area contributed by atoms with E-state index in [1.165, 1.54) is 10.6 Å². The summed E-state index contributed by atoms with van der Waals surface area (Å²) < 4.78 is 69.7. The highest BCUT2D eigenvalue weighted by Gasteiger charge is 2.41. The molecule has 31 heavy (non-hydrogen) atoms. The van der Waals surface area contributed by atoms with E-state index in [0.717, 1.165) is 23.2 Å². The maximum atomic E-state index is 14.5. The minimum atomic E-state index is -4.52. The van der Waals surface area contributed by atoms with Gasteiger partial charge in [0.05, 0.1) is 12.5 Å². The maximum Gasteiger partial charge on any atom is 0.408 e. The van der Waals surface area contributed by atoms with Crippen LogP contribution in [0.4, 0.5) is 26.7 Å². The van der Waals surface area contributed by atoms with Crippen molar-refractivity contribution in [2.24, 2.45) is 0 Å². The third-order valence-electron chi connectivity index (χ3n) is 5.49. The van der Waals surface area contributed by atoms with Crippen LogP contribution in [0.3, 0.4) is 0 Å². The highest BCUT2D eigenvalue weighted by atomic mass is 19.4. The summed E-state index contributed by atoms with van der Waals surface area (Å²) >= 11 is 0. The van der Waals surface area contributed by atoms with Gasteiger partial charge in [-0.15, -0.1) is 0 Å². The van der Waals surface area contributed by atoms with Gasteiger partial charge in [-0.1, -0.05) is 6.07 Å². The molecule has 1 N–H and O–H groups in total. The fourth-order valence-corrected chi connectivity index (χ4v) is 4.32. The van der Waals surface area contributed by atoms with Crippen molar-refractivity contribution in [3.8, 4) is 0 Å². The van der Waals surface area contributed by atoms with Gasteiger partial charge in [0.25, 0.3) is 0 Å². The Labute approximate surface area is 176 Å². The van der Waals surface area contributed by atoms with E-state index in [2.05, 4.69) is 4.98 Å². The highest BCUT2D eigenvalue weighted by molar-refractivity contribution is 5.66. The molecule has 3 rings (SSSR count). The quantitative estimate of drug-likeness (QED) is 0.620. The smallest absolute Gasteiger partial charge is 0.408 e. The molecule has 1 aromatic heterocycles. The summed E-state index contributed by atoms with van der Waals surface area (Å²) in [4.78, 5) is 17.3. The van der Waals surface area contributed by atoms with E-state index < -0.39 is 47.8 Å². The minimum absolute atomic E-state index is 0.132. The van der Waals surface area contributed by atoms with Crippen LogP contribution in [0.15, 0.2) is 24.4 Å². The Hall–Kier alpha value is -2.65. The Morgan fingerprint density at radius 3 is 2.32 bits per heavy atom. The summed E-state index contributed by atoms with van der Waals surface area (Å²) in [6, 6.07) is 2.56. The largest absolute Gasteiger partial charge is 0.465 e. The summed E-state index contributed by atoms with van der Waals surface area (Å²) in [7, 11) is 0. The molecule has 0 unspecified atom stereocenters. The summed E-state index contributed by atoms with van der Waals surface area (Å²) in [6.45, 7) is 4.88. The van der Waals surface area contributed by atoms with Crippen molar-refractivity contribution in [1.29, 1.82) is 0 Å². The number of rotatable bonds is 3. The molecule has 0 saturated carbocycles. The SMILES string of the molecule is CC(C)(C)N(C(=O)O)[C@@H]1CC[C@@H](c2c(F)cccc2F)Cn2c(CC(F)(F)F)cnc21. The Morgan fingerprint density at radius 1 is 1.19 bits per heavy atom. The van der Waals surface area contributed by atoms with Gasteiger partial charge in [-0.3, -0.25) is 4.90 Å². The molecule has 1 aliphatic rings. The van der Waals surface area contributed by atoms with Gasteiger partial charge in [0.15, 0.2) is 0 Å². The average Bonchev–Trinajstić information content (AvgIpc) is 2.86. The fourth-order valence-electron chi connectivity index (χ4n) is 4.32. The lowest BCUT2D eigenvalue weighted by molar-refractivity contribution is -0.128. The van der Waals surface area contributed by atoms with Gasteiger partial charge in [-0.25, -0.2) is 18.6 Å². The van der Waals surface area contributed by atoms with Crippen molar-refractivity contribution >= 4 is 6.09 Å². The Morgan fingerprint density at radius 2 is 1.81 bits per heavy atom. The van der Waals surface area contributed by atoms with Crippen molar-refractivity contribution < 1.29 is 31.9 Å². The molecule has 2 heterocycles. The van der Waals surface area contributed by atoms with Gasteiger partial charge in [-0.05, 0) is 45.7 Å². The van der Waals surface area contributed by atoms with Crippen LogP contribution in [0.5, 0.6) is 0 Å². The lowest BCUT2D eigenvalue weighted by Crippen LogP contribution is -2.47. The monoisotopic (exact) mass is 445 g/mol. The van der Waals surface area contributed by atoms with Crippen molar-refractivity contribution in [3.05, 3.63) is 53.1 Å². The molecule has 1 amide bonds. The van der Waals surface area contributed by atoms with Crippen LogP contribution in [-0.2, 0) is 13.0 Å². The number of imidazole rings is 1. The summed E-state index contributed by atoms with van der Waals surface area (Å²) in [5, 5.41) is 9.83. The molecule has 0 saturated heterocycles. The molecule has 0 spiro atoms. The van der Waals surface area contributed by atoms with Gasteiger partial charge >= 0.3 is 12.3 Å². The summed E-state index contributed by atoms with van der Waals surface area (Å²) in [5.74, 6) is -2.20. The number of carboxylic acid groups (broad SMARTS) is 1. The maximum absolute atomic E-state index is 14.5. The van der Waals surface area contributed by atoms with Crippen LogP contribution in [0.25, 0.3) is 0 Å². The number of alkyl halides is 3. The first-order valence-corrected chi connectivity index (χ1v) is 9.87. The molecular weight excluding hydrogens is 421 g/mol. The number of fused-ring (bicyclic) bond motifs is 1. The molecule has 0 aliphatic carbocycles. The zero-order chi connectivity index (χ0) is 23.1. The number of aromatic nitrogens is 2. The standard InChI is InChI=1S/C21H24F5N3O2/c1-20(2,3)29(19(30)31)16-8-7-12(17-14(22)5-4-6-15(17)23)11-28-13(9-21(24,25)26)10-27-18(16)28/h4-6,10,12,16H,7-9,11H2,1-3H3,(H,30,31)/t12-,16-/m1/s1. The van der Waals surface area contributed by atoms with Crippen LogP contribution in [-0.4, -0.2) is 37.4 Å². The van der Waals surface area contributed by atoms with E-state index >= 15 is 0 Å². The third-order valence-corrected chi connectivity index (χ3v) is 5.49. The Kier molecular flexibility index (Phi) is 6.03. The minimum Gasteiger partial charge on any atom is -0.465 e. The average molecular weight is 445 g/mol. The molecule has 0 radical (unpaired) electrons. The van der Waals surface area contributed by atoms with Crippen molar-refractivity contribution in [2.45, 2.75) is 70.3 Å². The zero-order valence-electron chi connectivity index (χ0n) is 17.4. The van der Waals surface area contributed by atoms with Gasteiger partial charge < -0.3 is 9.67 Å².